The first-order valence-corrected chi connectivity index (χ1v) is 4.86. The van der Waals surface area contributed by atoms with E-state index in [2.05, 4.69) is 18.8 Å². The van der Waals surface area contributed by atoms with Gasteiger partial charge in [0.25, 0.3) is 0 Å². The minimum absolute atomic E-state index is 0.137. The van der Waals surface area contributed by atoms with Gasteiger partial charge in [-0.15, -0.1) is 0 Å². The molecule has 0 unspecified atom stereocenters. The van der Waals surface area contributed by atoms with Gasteiger partial charge in [0.05, 0.1) is 12.1 Å². The van der Waals surface area contributed by atoms with Gasteiger partial charge in [0, 0.05) is 5.69 Å². The van der Waals surface area contributed by atoms with Crippen molar-refractivity contribution < 1.29 is 4.39 Å². The molecule has 0 atom stereocenters. The topological polar surface area (TPSA) is 41.6 Å². The molecule has 0 aliphatic carbocycles. The predicted molar refractivity (Wildman–Crippen MR) is 59.4 cm³/mol. The summed E-state index contributed by atoms with van der Waals surface area (Å²) >= 11 is 0. The van der Waals surface area contributed by atoms with Gasteiger partial charge in [-0.25, -0.2) is 4.39 Å². The molecule has 1 aliphatic rings. The quantitative estimate of drug-likeness (QED) is 0.762. The van der Waals surface area contributed by atoms with Crippen molar-refractivity contribution >= 4 is 11.6 Å². The van der Waals surface area contributed by atoms with E-state index in [9.17, 15) is 4.39 Å². The fraction of sp³-hybridized carbons (Fsp3) is 0.364. The second-order valence-corrected chi connectivity index (χ2v) is 4.30. The van der Waals surface area contributed by atoms with Crippen molar-refractivity contribution in [2.45, 2.75) is 19.4 Å². The molecule has 0 aromatic heterocycles. The zero-order valence-corrected chi connectivity index (χ0v) is 8.87. The second kappa shape index (κ2) is 3.22. The highest BCUT2D eigenvalue weighted by Crippen LogP contribution is 2.27. The van der Waals surface area contributed by atoms with Crippen LogP contribution in [0.4, 0.5) is 10.1 Å². The summed E-state index contributed by atoms with van der Waals surface area (Å²) in [5, 5.41) is 0. The fourth-order valence-corrected chi connectivity index (χ4v) is 1.80. The summed E-state index contributed by atoms with van der Waals surface area (Å²) in [6.07, 6.45) is 0. The van der Waals surface area contributed by atoms with Crippen LogP contribution >= 0.6 is 0 Å². The summed E-state index contributed by atoms with van der Waals surface area (Å²) in [5.41, 5.74) is 6.55. The number of halogens is 1. The number of hydrogen-bond donors (Lipinski definition) is 1. The van der Waals surface area contributed by atoms with Crippen LogP contribution in [0.3, 0.4) is 0 Å². The minimum atomic E-state index is -0.244. The van der Waals surface area contributed by atoms with Crippen LogP contribution in [0.2, 0.25) is 0 Å². The van der Waals surface area contributed by atoms with E-state index in [1.165, 1.54) is 12.1 Å². The van der Waals surface area contributed by atoms with Crippen LogP contribution < -0.4 is 10.6 Å². The zero-order chi connectivity index (χ0) is 11.1. The third-order valence-electron chi connectivity index (χ3n) is 2.55. The smallest absolute Gasteiger partial charge is 0.196 e. The monoisotopic (exact) mass is 207 g/mol. The van der Waals surface area contributed by atoms with Crippen LogP contribution in [0.1, 0.15) is 13.8 Å². The van der Waals surface area contributed by atoms with Gasteiger partial charge in [-0.3, -0.25) is 4.99 Å². The molecule has 4 heteroatoms. The van der Waals surface area contributed by atoms with Gasteiger partial charge in [0.1, 0.15) is 5.82 Å². The lowest BCUT2D eigenvalue weighted by atomic mass is 10.0. The van der Waals surface area contributed by atoms with Crippen molar-refractivity contribution in [3.05, 3.63) is 30.1 Å². The molecule has 2 rings (SSSR count). The third-order valence-corrected chi connectivity index (χ3v) is 2.55. The normalized spacial score (nSPS) is 19.1. The minimum Gasteiger partial charge on any atom is -0.369 e. The Hall–Kier alpha value is -1.58. The molecule has 80 valence electrons. The Morgan fingerprint density at radius 1 is 1.33 bits per heavy atom. The highest BCUT2D eigenvalue weighted by Gasteiger charge is 2.34. The van der Waals surface area contributed by atoms with Crippen LogP contribution in [-0.4, -0.2) is 18.0 Å². The van der Waals surface area contributed by atoms with E-state index < -0.39 is 0 Å². The molecule has 0 bridgehead atoms. The summed E-state index contributed by atoms with van der Waals surface area (Å²) < 4.78 is 12.8. The van der Waals surface area contributed by atoms with Crippen molar-refractivity contribution in [1.82, 2.24) is 0 Å². The molecule has 1 heterocycles. The lowest BCUT2D eigenvalue weighted by molar-refractivity contribution is 0.556. The van der Waals surface area contributed by atoms with E-state index in [0.29, 0.717) is 12.5 Å². The molecule has 0 spiro atoms. The number of rotatable bonds is 1. The van der Waals surface area contributed by atoms with Crippen LogP contribution in [0, 0.1) is 5.82 Å². The van der Waals surface area contributed by atoms with Crippen LogP contribution in [0.15, 0.2) is 29.3 Å². The first-order chi connectivity index (χ1) is 7.00. The van der Waals surface area contributed by atoms with E-state index in [-0.39, 0.29) is 11.4 Å². The predicted octanol–water partition coefficient (Wildman–Crippen LogP) is 1.74. The second-order valence-electron chi connectivity index (χ2n) is 4.30. The molecule has 0 fully saturated rings. The molecule has 0 saturated carbocycles. The highest BCUT2D eigenvalue weighted by molar-refractivity contribution is 5.98. The molecule has 2 N–H and O–H groups in total. The zero-order valence-electron chi connectivity index (χ0n) is 8.87. The van der Waals surface area contributed by atoms with E-state index in [0.717, 1.165) is 5.69 Å². The molecule has 1 aromatic carbocycles. The summed E-state index contributed by atoms with van der Waals surface area (Å²) in [5.74, 6) is 0.248. The first-order valence-electron chi connectivity index (χ1n) is 4.86. The molecular weight excluding hydrogens is 193 g/mol. The molecule has 0 amide bonds. The molecule has 1 aliphatic heterocycles. The maximum Gasteiger partial charge on any atom is 0.196 e. The molecule has 15 heavy (non-hydrogen) atoms. The fourth-order valence-electron chi connectivity index (χ4n) is 1.80. The van der Waals surface area contributed by atoms with E-state index >= 15 is 0 Å². The van der Waals surface area contributed by atoms with E-state index in [4.69, 9.17) is 5.73 Å². The van der Waals surface area contributed by atoms with Gasteiger partial charge >= 0.3 is 0 Å². The van der Waals surface area contributed by atoms with Gasteiger partial charge in [-0.05, 0) is 38.1 Å². The number of anilines is 1. The van der Waals surface area contributed by atoms with E-state index in [1.807, 2.05) is 4.90 Å². The summed E-state index contributed by atoms with van der Waals surface area (Å²) in [4.78, 5) is 6.12. The molecule has 0 radical (unpaired) electrons. The van der Waals surface area contributed by atoms with Gasteiger partial charge < -0.3 is 10.6 Å². The van der Waals surface area contributed by atoms with Crippen LogP contribution in [0.5, 0.6) is 0 Å². The Morgan fingerprint density at radius 2 is 1.93 bits per heavy atom. The largest absolute Gasteiger partial charge is 0.369 e. The van der Waals surface area contributed by atoms with Crippen molar-refractivity contribution in [2.75, 3.05) is 11.4 Å². The number of guanidine groups is 1. The molecular formula is C11H14FN3. The average Bonchev–Trinajstić information content (AvgIpc) is 2.43. The number of hydrogen-bond acceptors (Lipinski definition) is 3. The lowest BCUT2D eigenvalue weighted by Gasteiger charge is -2.32. The van der Waals surface area contributed by atoms with Crippen molar-refractivity contribution in [3.63, 3.8) is 0 Å². The number of aliphatic imine (C=N–C) groups is 1. The highest BCUT2D eigenvalue weighted by atomic mass is 19.1. The Kier molecular flexibility index (Phi) is 2.14. The third kappa shape index (κ3) is 1.67. The molecule has 1 aromatic rings. The van der Waals surface area contributed by atoms with Crippen molar-refractivity contribution in [2.24, 2.45) is 10.7 Å². The van der Waals surface area contributed by atoms with E-state index in [1.54, 1.807) is 12.1 Å². The average molecular weight is 207 g/mol. The number of benzene rings is 1. The first kappa shape index (κ1) is 9.96. The summed E-state index contributed by atoms with van der Waals surface area (Å²) in [6.45, 7) is 4.77. The van der Waals surface area contributed by atoms with Crippen LogP contribution in [-0.2, 0) is 0 Å². The summed E-state index contributed by atoms with van der Waals surface area (Å²) in [7, 11) is 0. The Labute approximate surface area is 88.4 Å². The Morgan fingerprint density at radius 3 is 2.40 bits per heavy atom. The van der Waals surface area contributed by atoms with Gasteiger partial charge in [0.2, 0.25) is 0 Å². The number of nitrogens with two attached hydrogens (primary N) is 1. The SMILES string of the molecule is CC1(C)CN=C(N)N1c1ccc(F)cc1. The molecule has 3 nitrogen and oxygen atoms in total. The Balaban J connectivity index is 2.37. The Bertz CT molecular complexity index is 395. The van der Waals surface area contributed by atoms with Gasteiger partial charge in [0.15, 0.2) is 5.96 Å². The van der Waals surface area contributed by atoms with Gasteiger partial charge in [-0.2, -0.15) is 0 Å². The maximum absolute atomic E-state index is 12.8. The number of nitrogens with zero attached hydrogens (tertiary/aromatic N) is 2. The van der Waals surface area contributed by atoms with Crippen LogP contribution in [0.25, 0.3) is 0 Å². The van der Waals surface area contributed by atoms with Gasteiger partial charge in [-0.1, -0.05) is 0 Å². The maximum atomic E-state index is 12.8. The van der Waals surface area contributed by atoms with Crippen molar-refractivity contribution in [3.8, 4) is 0 Å². The lowest BCUT2D eigenvalue weighted by Crippen LogP contribution is -2.47. The standard InChI is InChI=1S/C11H14FN3/c1-11(2)7-14-10(13)15(11)9-5-3-8(12)4-6-9/h3-6H,7H2,1-2H3,(H2,13,14). The summed E-state index contributed by atoms with van der Waals surface area (Å²) in [6, 6.07) is 6.28. The van der Waals surface area contributed by atoms with Crippen molar-refractivity contribution in [1.29, 1.82) is 0 Å². The molecule has 0 saturated heterocycles.